The summed E-state index contributed by atoms with van der Waals surface area (Å²) in [6, 6.07) is 69.3. The predicted octanol–water partition coefficient (Wildman–Crippen LogP) is 13.3. The van der Waals surface area contributed by atoms with E-state index in [0.717, 1.165) is 56.6 Å². The second-order valence-corrected chi connectivity index (χ2v) is 14.1. The molecule has 254 valence electrons. The smallest absolute Gasteiger partial charge is 0.0703 e. The monoisotopic (exact) mass is 688 g/mol. The van der Waals surface area contributed by atoms with E-state index < -0.39 is 0 Å². The first-order chi connectivity index (χ1) is 26.7. The van der Waals surface area contributed by atoms with Crippen LogP contribution in [0.3, 0.4) is 0 Å². The molecule has 0 amide bonds. The molecular weight excluding hydrogens is 653 g/mol. The maximum Gasteiger partial charge on any atom is 0.0703 e. The second kappa shape index (κ2) is 13.2. The Balaban J connectivity index is 1.11. The summed E-state index contributed by atoms with van der Waals surface area (Å²) < 4.78 is 2.35. The van der Waals surface area contributed by atoms with Gasteiger partial charge < -0.3 is 4.57 Å². The lowest BCUT2D eigenvalue weighted by atomic mass is 9.89. The van der Waals surface area contributed by atoms with E-state index in [1.165, 1.54) is 44.1 Å². The number of hydrogen-bond acceptors (Lipinski definition) is 1. The molecule has 2 heteroatoms. The van der Waals surface area contributed by atoms with Gasteiger partial charge >= 0.3 is 0 Å². The Morgan fingerprint density at radius 3 is 1.85 bits per heavy atom. The lowest BCUT2D eigenvalue weighted by Crippen LogP contribution is -1.99. The Bertz CT molecular complexity index is 2880. The van der Waals surface area contributed by atoms with Crippen molar-refractivity contribution in [2.24, 2.45) is 0 Å². The van der Waals surface area contributed by atoms with Gasteiger partial charge in [-0.1, -0.05) is 158 Å². The van der Waals surface area contributed by atoms with Crippen LogP contribution < -0.4 is 0 Å². The SMILES string of the molecule is N=C1c2ccccc2-c2cc(-c3ccc(/C=C(/Cc4ccccc4)c4ccccc4)cc3)cc(-c3ccc4c(c3)c3ccccc3n4-c3ccccc3)c21. The van der Waals surface area contributed by atoms with Crippen LogP contribution in [0.25, 0.3) is 72.5 Å². The molecule has 0 aliphatic heterocycles. The van der Waals surface area contributed by atoms with Crippen LogP contribution in [-0.2, 0) is 6.42 Å². The maximum absolute atomic E-state index is 9.42. The average Bonchev–Trinajstić information content (AvgIpc) is 3.73. The van der Waals surface area contributed by atoms with Gasteiger partial charge in [-0.05, 0) is 105 Å². The minimum absolute atomic E-state index is 0.585. The van der Waals surface area contributed by atoms with Crippen molar-refractivity contribution in [1.29, 1.82) is 5.41 Å². The molecule has 1 heterocycles. The van der Waals surface area contributed by atoms with Crippen molar-refractivity contribution in [3.05, 3.63) is 222 Å². The standard InChI is InChI=1S/C52H36N2/c53-52-45-22-11-10-20-43(45)48-34-41(38-26-24-36(25-27-38)31-40(37-16-6-2-7-17-37)30-35-14-4-1-5-15-35)33-46(51(48)52)39-28-29-50-47(32-39)44-21-12-13-23-49(44)54(50)42-18-8-3-9-19-42/h1-29,31-34,53H,30H2/b40-31-,53-52?. The van der Waals surface area contributed by atoms with Crippen LogP contribution in [0.2, 0.25) is 0 Å². The average molecular weight is 689 g/mol. The van der Waals surface area contributed by atoms with Crippen molar-refractivity contribution in [2.45, 2.75) is 6.42 Å². The van der Waals surface area contributed by atoms with Crippen LogP contribution in [0, 0.1) is 5.41 Å². The zero-order chi connectivity index (χ0) is 36.0. The maximum atomic E-state index is 9.42. The van der Waals surface area contributed by atoms with Crippen molar-refractivity contribution in [1.82, 2.24) is 4.57 Å². The molecule has 0 bridgehead atoms. The molecule has 1 aliphatic carbocycles. The van der Waals surface area contributed by atoms with Crippen molar-refractivity contribution < 1.29 is 0 Å². The van der Waals surface area contributed by atoms with Gasteiger partial charge in [0, 0.05) is 27.6 Å². The van der Waals surface area contributed by atoms with Gasteiger partial charge in [0.15, 0.2) is 0 Å². The Morgan fingerprint density at radius 1 is 0.463 bits per heavy atom. The molecule has 0 atom stereocenters. The van der Waals surface area contributed by atoms with Gasteiger partial charge in [-0.15, -0.1) is 0 Å². The van der Waals surface area contributed by atoms with E-state index in [2.05, 4.69) is 199 Å². The molecule has 1 N–H and O–H groups in total. The van der Waals surface area contributed by atoms with Crippen molar-refractivity contribution in [2.75, 3.05) is 0 Å². The summed E-state index contributed by atoms with van der Waals surface area (Å²) in [5.41, 5.74) is 17.8. The first kappa shape index (κ1) is 31.7. The molecular formula is C52H36N2. The number of hydrogen-bond donors (Lipinski definition) is 1. The summed E-state index contributed by atoms with van der Waals surface area (Å²) in [6.07, 6.45) is 3.18. The van der Waals surface area contributed by atoms with E-state index in [9.17, 15) is 5.41 Å². The first-order valence-electron chi connectivity index (χ1n) is 18.6. The largest absolute Gasteiger partial charge is 0.309 e. The zero-order valence-electron chi connectivity index (χ0n) is 29.7. The number of aromatic nitrogens is 1. The lowest BCUT2D eigenvalue weighted by molar-refractivity contribution is 1.18. The molecule has 0 unspecified atom stereocenters. The second-order valence-electron chi connectivity index (χ2n) is 14.1. The summed E-state index contributed by atoms with van der Waals surface area (Å²) in [5, 5.41) is 11.8. The fourth-order valence-corrected chi connectivity index (χ4v) is 8.26. The van der Waals surface area contributed by atoms with E-state index >= 15 is 0 Å². The first-order valence-corrected chi connectivity index (χ1v) is 18.6. The van der Waals surface area contributed by atoms with Gasteiger partial charge in [-0.25, -0.2) is 0 Å². The van der Waals surface area contributed by atoms with Gasteiger partial charge in [0.05, 0.1) is 16.7 Å². The van der Waals surface area contributed by atoms with Crippen molar-refractivity contribution >= 4 is 39.2 Å². The van der Waals surface area contributed by atoms with E-state index in [0.29, 0.717) is 5.71 Å². The third kappa shape index (κ3) is 5.48. The van der Waals surface area contributed by atoms with Gasteiger partial charge in [0.25, 0.3) is 0 Å². The summed E-state index contributed by atoms with van der Waals surface area (Å²) in [4.78, 5) is 0. The van der Waals surface area contributed by atoms with Gasteiger partial charge in [0.1, 0.15) is 0 Å². The highest BCUT2D eigenvalue weighted by Crippen LogP contribution is 2.45. The Morgan fingerprint density at radius 2 is 1.07 bits per heavy atom. The summed E-state index contributed by atoms with van der Waals surface area (Å²) in [6.45, 7) is 0. The fourth-order valence-electron chi connectivity index (χ4n) is 8.26. The van der Waals surface area contributed by atoms with Crippen molar-refractivity contribution in [3.63, 3.8) is 0 Å². The highest BCUT2D eigenvalue weighted by Gasteiger charge is 2.28. The van der Waals surface area contributed by atoms with Crippen LogP contribution in [0.15, 0.2) is 194 Å². The molecule has 9 aromatic rings. The number of nitrogens with one attached hydrogen (secondary N) is 1. The highest BCUT2D eigenvalue weighted by molar-refractivity contribution is 6.26. The lowest BCUT2D eigenvalue weighted by Gasteiger charge is -2.14. The molecule has 2 nitrogen and oxygen atoms in total. The van der Waals surface area contributed by atoms with Crippen LogP contribution in [0.5, 0.6) is 0 Å². The third-order valence-corrected chi connectivity index (χ3v) is 10.8. The summed E-state index contributed by atoms with van der Waals surface area (Å²) in [5.74, 6) is 0. The van der Waals surface area contributed by atoms with E-state index in [1.807, 2.05) is 6.07 Å². The fraction of sp³-hybridized carbons (Fsp3) is 0.0192. The zero-order valence-corrected chi connectivity index (χ0v) is 29.7. The minimum atomic E-state index is 0.585. The molecule has 8 aromatic carbocycles. The molecule has 0 radical (unpaired) electrons. The topological polar surface area (TPSA) is 28.8 Å². The van der Waals surface area contributed by atoms with E-state index in [-0.39, 0.29) is 0 Å². The molecule has 54 heavy (non-hydrogen) atoms. The van der Waals surface area contributed by atoms with Crippen LogP contribution in [-0.4, -0.2) is 10.3 Å². The number of nitrogens with zero attached hydrogens (tertiary/aromatic N) is 1. The molecule has 10 rings (SSSR count). The van der Waals surface area contributed by atoms with Crippen LogP contribution >= 0.6 is 0 Å². The number of benzene rings is 8. The Hall–Kier alpha value is -7.03. The number of allylic oxidation sites excluding steroid dienone is 1. The van der Waals surface area contributed by atoms with Gasteiger partial charge in [-0.2, -0.15) is 0 Å². The van der Waals surface area contributed by atoms with E-state index in [4.69, 9.17) is 0 Å². The van der Waals surface area contributed by atoms with E-state index in [1.54, 1.807) is 0 Å². The minimum Gasteiger partial charge on any atom is -0.309 e. The van der Waals surface area contributed by atoms with Crippen LogP contribution in [0.1, 0.15) is 27.8 Å². The Kier molecular flexibility index (Phi) is 7.74. The number of fused-ring (bicyclic) bond motifs is 6. The van der Waals surface area contributed by atoms with Gasteiger partial charge in [-0.3, -0.25) is 5.41 Å². The van der Waals surface area contributed by atoms with Crippen LogP contribution in [0.4, 0.5) is 0 Å². The molecule has 0 saturated heterocycles. The Labute approximate surface area is 315 Å². The number of rotatable bonds is 7. The highest BCUT2D eigenvalue weighted by atomic mass is 15.0. The molecule has 0 saturated carbocycles. The summed E-state index contributed by atoms with van der Waals surface area (Å²) in [7, 11) is 0. The molecule has 1 aliphatic rings. The summed E-state index contributed by atoms with van der Waals surface area (Å²) >= 11 is 0. The molecule has 0 fully saturated rings. The normalized spacial score (nSPS) is 12.3. The third-order valence-electron chi connectivity index (χ3n) is 10.8. The molecule has 1 aromatic heterocycles. The molecule has 0 spiro atoms. The van der Waals surface area contributed by atoms with Gasteiger partial charge in [0.2, 0.25) is 0 Å². The van der Waals surface area contributed by atoms with Crippen molar-refractivity contribution in [3.8, 4) is 39.1 Å². The predicted molar refractivity (Wildman–Crippen MR) is 227 cm³/mol. The number of para-hydroxylation sites is 2. The quantitative estimate of drug-likeness (QED) is 0.162.